The highest BCUT2D eigenvalue weighted by Gasteiger charge is 2.39. The Morgan fingerprint density at radius 3 is 2.52 bits per heavy atom. The standard InChI is InChI=1S/C18H28ClNO4S/c1-4-7-15(20-24-9-6-8-19)18-16(21)11-14(12-17(18)22)10-13(3)25(23)5-2/h6,8,13-14,18H,4-5,7,9-12H2,1-3H3. The summed E-state index contributed by atoms with van der Waals surface area (Å²) in [7, 11) is -0.906. The van der Waals surface area contributed by atoms with Gasteiger partial charge in [0.15, 0.2) is 0 Å². The normalized spacial score (nSPS) is 24.6. The minimum absolute atomic E-state index is 0.00148. The molecule has 0 bridgehead atoms. The summed E-state index contributed by atoms with van der Waals surface area (Å²) in [6.07, 6.45) is 4.23. The van der Waals surface area contributed by atoms with Gasteiger partial charge in [-0.3, -0.25) is 13.8 Å². The van der Waals surface area contributed by atoms with Gasteiger partial charge in [0.1, 0.15) is 24.1 Å². The summed E-state index contributed by atoms with van der Waals surface area (Å²) in [5, 5.41) is 4.02. The number of carbonyl (C=O) groups is 2. The lowest BCUT2D eigenvalue weighted by atomic mass is 9.75. The number of hydrogen-bond acceptors (Lipinski definition) is 5. The average molecular weight is 390 g/mol. The van der Waals surface area contributed by atoms with Crippen molar-refractivity contribution in [1.29, 1.82) is 0 Å². The van der Waals surface area contributed by atoms with Crippen molar-refractivity contribution in [2.45, 2.75) is 58.1 Å². The molecule has 0 aliphatic heterocycles. The number of Topliss-reactive ketones (excluding diaryl/α,β-unsaturated/α-hetero) is 2. The third-order valence-electron chi connectivity index (χ3n) is 4.30. The number of hydrogen-bond donors (Lipinski definition) is 0. The van der Waals surface area contributed by atoms with Crippen LogP contribution < -0.4 is 0 Å². The molecule has 0 spiro atoms. The highest BCUT2D eigenvalue weighted by Crippen LogP contribution is 2.29. The maximum Gasteiger partial charge on any atom is 0.149 e. The van der Waals surface area contributed by atoms with Gasteiger partial charge in [0.2, 0.25) is 0 Å². The van der Waals surface area contributed by atoms with E-state index in [0.717, 1.165) is 6.42 Å². The molecule has 0 saturated heterocycles. The molecule has 2 unspecified atom stereocenters. The van der Waals surface area contributed by atoms with Crippen LogP contribution in [0.3, 0.4) is 0 Å². The van der Waals surface area contributed by atoms with Crippen molar-refractivity contribution < 1.29 is 18.6 Å². The van der Waals surface area contributed by atoms with E-state index in [1.807, 2.05) is 20.8 Å². The maximum absolute atomic E-state index is 12.6. The molecule has 1 saturated carbocycles. The number of halogens is 1. The van der Waals surface area contributed by atoms with E-state index in [9.17, 15) is 13.8 Å². The van der Waals surface area contributed by atoms with Crippen LogP contribution in [0.4, 0.5) is 0 Å². The molecule has 1 fully saturated rings. The van der Waals surface area contributed by atoms with E-state index in [4.69, 9.17) is 16.4 Å². The first kappa shape index (κ1) is 22.0. The molecule has 0 aromatic rings. The Morgan fingerprint density at radius 1 is 1.36 bits per heavy atom. The number of nitrogens with zero attached hydrogens (tertiary/aromatic N) is 1. The molecule has 0 aromatic carbocycles. The lowest BCUT2D eigenvalue weighted by molar-refractivity contribution is -0.134. The monoisotopic (exact) mass is 389 g/mol. The Balaban J connectivity index is 2.77. The fraction of sp³-hybridized carbons (Fsp3) is 0.722. The van der Waals surface area contributed by atoms with Crippen molar-refractivity contribution >= 4 is 39.7 Å². The Kier molecular flexibility index (Phi) is 10.2. The summed E-state index contributed by atoms with van der Waals surface area (Å²) in [6.45, 7) is 5.97. The van der Waals surface area contributed by atoms with Crippen molar-refractivity contribution in [3.8, 4) is 0 Å². The maximum atomic E-state index is 12.6. The molecule has 0 heterocycles. The smallest absolute Gasteiger partial charge is 0.149 e. The van der Waals surface area contributed by atoms with E-state index >= 15 is 0 Å². The van der Waals surface area contributed by atoms with E-state index < -0.39 is 16.7 Å². The molecule has 1 rings (SSSR count). The first-order valence-electron chi connectivity index (χ1n) is 8.81. The largest absolute Gasteiger partial charge is 0.392 e. The number of rotatable bonds is 10. The van der Waals surface area contributed by atoms with Gasteiger partial charge in [-0.2, -0.15) is 0 Å². The SMILES string of the molecule is CCCC(=NOCC=CCl)C1C(=O)CC(CC(C)S(=O)CC)CC1=O. The topological polar surface area (TPSA) is 72.8 Å². The van der Waals surface area contributed by atoms with Crippen molar-refractivity contribution in [2.75, 3.05) is 12.4 Å². The van der Waals surface area contributed by atoms with E-state index in [0.29, 0.717) is 37.1 Å². The molecule has 0 N–H and O–H groups in total. The van der Waals surface area contributed by atoms with Crippen molar-refractivity contribution in [1.82, 2.24) is 0 Å². The zero-order valence-corrected chi connectivity index (χ0v) is 16.8. The molecule has 142 valence electrons. The first-order valence-corrected chi connectivity index (χ1v) is 10.6. The number of oxime groups is 1. The molecule has 0 aromatic heterocycles. The fourth-order valence-electron chi connectivity index (χ4n) is 3.15. The van der Waals surface area contributed by atoms with Gasteiger partial charge in [-0.1, -0.05) is 43.9 Å². The van der Waals surface area contributed by atoms with Crippen molar-refractivity contribution in [3.63, 3.8) is 0 Å². The second-order valence-electron chi connectivity index (χ2n) is 6.35. The van der Waals surface area contributed by atoms with E-state index in [1.165, 1.54) is 5.54 Å². The Bertz CT molecular complexity index is 529. The van der Waals surface area contributed by atoms with Gasteiger partial charge < -0.3 is 4.84 Å². The molecule has 1 aliphatic carbocycles. The summed E-state index contributed by atoms with van der Waals surface area (Å²) >= 11 is 5.42. The molecule has 7 heteroatoms. The highest BCUT2D eigenvalue weighted by atomic mass is 35.5. The summed E-state index contributed by atoms with van der Waals surface area (Å²) in [4.78, 5) is 30.3. The van der Waals surface area contributed by atoms with Gasteiger partial charge in [0.05, 0.1) is 5.71 Å². The Morgan fingerprint density at radius 2 is 2.00 bits per heavy atom. The predicted molar refractivity (Wildman–Crippen MR) is 102 cm³/mol. The lowest BCUT2D eigenvalue weighted by Crippen LogP contribution is -2.39. The van der Waals surface area contributed by atoms with Crippen LogP contribution in [0.5, 0.6) is 0 Å². The Hall–Kier alpha value is -1.01. The fourth-order valence-corrected chi connectivity index (χ4v) is 4.28. The van der Waals surface area contributed by atoms with Crippen LogP contribution in [0.1, 0.15) is 52.9 Å². The quantitative estimate of drug-likeness (QED) is 0.247. The summed E-state index contributed by atoms with van der Waals surface area (Å²) < 4.78 is 11.9. The van der Waals surface area contributed by atoms with Crippen LogP contribution in [0.2, 0.25) is 0 Å². The minimum atomic E-state index is -0.906. The van der Waals surface area contributed by atoms with Gasteiger partial charge in [-0.25, -0.2) is 0 Å². The zero-order chi connectivity index (χ0) is 18.8. The van der Waals surface area contributed by atoms with E-state index in [2.05, 4.69) is 5.16 Å². The lowest BCUT2D eigenvalue weighted by Gasteiger charge is -2.28. The van der Waals surface area contributed by atoms with Crippen LogP contribution in [0.15, 0.2) is 16.8 Å². The first-order chi connectivity index (χ1) is 11.9. The third kappa shape index (κ3) is 7.02. The molecule has 25 heavy (non-hydrogen) atoms. The summed E-state index contributed by atoms with van der Waals surface area (Å²) in [5.41, 5.74) is 1.84. The predicted octanol–water partition coefficient (Wildman–Crippen LogP) is 3.62. The van der Waals surface area contributed by atoms with Crippen LogP contribution >= 0.6 is 11.6 Å². The molecule has 1 aliphatic rings. The Labute approximate surface area is 157 Å². The van der Waals surface area contributed by atoms with Gasteiger partial charge in [-0.15, -0.1) is 0 Å². The van der Waals surface area contributed by atoms with Crippen LogP contribution in [-0.2, 0) is 25.2 Å². The molecule has 2 atom stereocenters. The molecular formula is C18H28ClNO4S. The summed E-state index contributed by atoms with van der Waals surface area (Å²) in [5.74, 6) is -0.411. The summed E-state index contributed by atoms with van der Waals surface area (Å²) in [6, 6.07) is 0. The molecule has 0 radical (unpaired) electrons. The molecular weight excluding hydrogens is 362 g/mol. The number of ketones is 2. The van der Waals surface area contributed by atoms with Crippen molar-refractivity contribution in [2.24, 2.45) is 17.0 Å². The van der Waals surface area contributed by atoms with Gasteiger partial charge in [0, 0.05) is 40.2 Å². The van der Waals surface area contributed by atoms with Crippen LogP contribution in [0, 0.1) is 11.8 Å². The van der Waals surface area contributed by atoms with Crippen LogP contribution in [-0.4, -0.2) is 39.1 Å². The second-order valence-corrected chi connectivity index (χ2v) is 8.74. The molecule has 0 amide bonds. The second kappa shape index (κ2) is 11.6. The number of carbonyl (C=O) groups excluding carboxylic acids is 2. The van der Waals surface area contributed by atoms with Crippen LogP contribution in [0.25, 0.3) is 0 Å². The van der Waals surface area contributed by atoms with Crippen molar-refractivity contribution in [3.05, 3.63) is 11.6 Å². The average Bonchev–Trinajstić information content (AvgIpc) is 2.57. The zero-order valence-electron chi connectivity index (χ0n) is 15.2. The van der Waals surface area contributed by atoms with E-state index in [-0.39, 0.29) is 29.3 Å². The van der Waals surface area contributed by atoms with Gasteiger partial charge >= 0.3 is 0 Å². The minimum Gasteiger partial charge on any atom is -0.392 e. The highest BCUT2D eigenvalue weighted by molar-refractivity contribution is 7.85. The van der Waals surface area contributed by atoms with Gasteiger partial charge in [0.25, 0.3) is 0 Å². The molecule has 5 nitrogen and oxygen atoms in total. The van der Waals surface area contributed by atoms with E-state index in [1.54, 1.807) is 6.08 Å². The van der Waals surface area contributed by atoms with Gasteiger partial charge in [-0.05, 0) is 24.8 Å². The third-order valence-corrected chi connectivity index (χ3v) is 6.14.